The molecule has 1 aliphatic heterocycles. The third kappa shape index (κ3) is 6.09. The maximum absolute atomic E-state index is 12.7. The summed E-state index contributed by atoms with van der Waals surface area (Å²) < 4.78 is 16.6. The molecule has 5 rings (SSSR count). The molecule has 190 valence electrons. The van der Waals surface area contributed by atoms with Crippen LogP contribution < -0.4 is 14.4 Å². The molecule has 0 aromatic heterocycles. The van der Waals surface area contributed by atoms with Gasteiger partial charge in [0.15, 0.2) is 0 Å². The van der Waals surface area contributed by atoms with Crippen LogP contribution >= 0.6 is 0 Å². The molecule has 5 heteroatoms. The first kappa shape index (κ1) is 24.8. The lowest BCUT2D eigenvalue weighted by Crippen LogP contribution is -2.39. The molecular formula is C32H33NO4. The van der Waals surface area contributed by atoms with Gasteiger partial charge in [-0.1, -0.05) is 36.8 Å². The minimum absolute atomic E-state index is 0.339. The van der Waals surface area contributed by atoms with Crippen molar-refractivity contribution in [2.45, 2.75) is 51.9 Å². The van der Waals surface area contributed by atoms with Gasteiger partial charge in [-0.3, -0.25) is 0 Å². The Morgan fingerprint density at radius 3 is 2.22 bits per heavy atom. The van der Waals surface area contributed by atoms with Crippen molar-refractivity contribution in [1.82, 2.24) is 0 Å². The fraction of sp³-hybridized carbons (Fsp3) is 0.344. The van der Waals surface area contributed by atoms with Crippen molar-refractivity contribution >= 4 is 11.7 Å². The van der Waals surface area contributed by atoms with Crippen molar-refractivity contribution < 1.29 is 19.0 Å². The predicted molar refractivity (Wildman–Crippen MR) is 145 cm³/mol. The van der Waals surface area contributed by atoms with E-state index in [1.54, 1.807) is 21.0 Å². The lowest BCUT2D eigenvalue weighted by molar-refractivity contribution is -0.127. The van der Waals surface area contributed by atoms with Crippen LogP contribution in [0.1, 0.15) is 66.6 Å². The van der Waals surface area contributed by atoms with Crippen molar-refractivity contribution in [2.75, 3.05) is 18.6 Å². The number of carbonyl (C=O) groups excluding carboxylic acids is 1. The van der Waals surface area contributed by atoms with E-state index in [-0.39, 0.29) is 5.97 Å². The zero-order valence-corrected chi connectivity index (χ0v) is 21.8. The Morgan fingerprint density at radius 2 is 1.57 bits per heavy atom. The Bertz CT molecular complexity index is 1310. The van der Waals surface area contributed by atoms with Gasteiger partial charge in [-0.25, -0.2) is 4.79 Å². The molecule has 0 atom stereocenters. The molecule has 1 fully saturated rings. The third-order valence-corrected chi connectivity index (χ3v) is 6.96. The van der Waals surface area contributed by atoms with Gasteiger partial charge in [0.2, 0.25) is 5.79 Å². The average molecular weight is 496 g/mol. The minimum atomic E-state index is -0.951. The molecule has 0 bridgehead atoms. The Hall–Kier alpha value is -3.91. The Morgan fingerprint density at radius 1 is 0.919 bits per heavy atom. The van der Waals surface area contributed by atoms with Gasteiger partial charge in [-0.05, 0) is 78.9 Å². The number of hydrogen-bond donors (Lipinski definition) is 0. The van der Waals surface area contributed by atoms with Gasteiger partial charge in [0.05, 0.1) is 7.11 Å². The van der Waals surface area contributed by atoms with E-state index in [4.69, 9.17) is 14.2 Å². The number of esters is 1. The highest BCUT2D eigenvalue weighted by Gasteiger charge is 2.34. The summed E-state index contributed by atoms with van der Waals surface area (Å²) in [6.07, 6.45) is 5.08. The topological polar surface area (TPSA) is 48.0 Å². The molecule has 0 spiro atoms. The number of ether oxygens (including phenoxy) is 3. The molecular weight excluding hydrogens is 462 g/mol. The van der Waals surface area contributed by atoms with Crippen molar-refractivity contribution in [1.29, 1.82) is 0 Å². The summed E-state index contributed by atoms with van der Waals surface area (Å²) in [5, 5.41) is 0. The number of hydrogen-bond acceptors (Lipinski definition) is 5. The quantitative estimate of drug-likeness (QED) is 0.286. The number of rotatable bonds is 6. The normalized spacial score (nSPS) is 16.1. The fourth-order valence-electron chi connectivity index (χ4n) is 5.03. The van der Waals surface area contributed by atoms with E-state index >= 15 is 0 Å². The van der Waals surface area contributed by atoms with Crippen molar-refractivity contribution in [3.05, 3.63) is 89.0 Å². The number of methoxy groups -OCH3 is 1. The predicted octanol–water partition coefficient (Wildman–Crippen LogP) is 6.58. The highest BCUT2D eigenvalue weighted by atomic mass is 16.7. The first-order valence-corrected chi connectivity index (χ1v) is 12.9. The lowest BCUT2D eigenvalue weighted by Gasteiger charge is -2.33. The van der Waals surface area contributed by atoms with Gasteiger partial charge in [0.25, 0.3) is 0 Å². The van der Waals surface area contributed by atoms with E-state index in [1.807, 2.05) is 36.4 Å². The van der Waals surface area contributed by atoms with Gasteiger partial charge in [0, 0.05) is 43.8 Å². The Labute approximate surface area is 219 Å². The number of fused-ring (bicyclic) bond motifs is 1. The van der Waals surface area contributed by atoms with E-state index in [9.17, 15) is 4.79 Å². The van der Waals surface area contributed by atoms with E-state index < -0.39 is 5.79 Å². The molecule has 1 saturated carbocycles. The van der Waals surface area contributed by atoms with Crippen molar-refractivity contribution in [3.63, 3.8) is 0 Å². The SMILES string of the molecule is COc1ccc(C#Cc2ccc(CN(CC3CCCC3)c3ccc4c(c3)C(=O)OC(C)(C)O4)cc2)cc1. The first-order chi connectivity index (χ1) is 17.9. The summed E-state index contributed by atoms with van der Waals surface area (Å²) in [6, 6.07) is 22.0. The number of carbonyl (C=O) groups is 1. The van der Waals surface area contributed by atoms with Gasteiger partial charge in [-0.15, -0.1) is 0 Å². The van der Waals surface area contributed by atoms with Crippen LogP contribution in [0, 0.1) is 17.8 Å². The summed E-state index contributed by atoms with van der Waals surface area (Å²) in [5.41, 5.74) is 4.61. The summed E-state index contributed by atoms with van der Waals surface area (Å²) >= 11 is 0. The largest absolute Gasteiger partial charge is 0.497 e. The van der Waals surface area contributed by atoms with Crippen LogP contribution in [0.3, 0.4) is 0 Å². The maximum atomic E-state index is 12.7. The molecule has 2 aliphatic rings. The molecule has 3 aromatic carbocycles. The summed E-state index contributed by atoms with van der Waals surface area (Å²) in [6.45, 7) is 5.21. The second kappa shape index (κ2) is 10.6. The zero-order chi connectivity index (χ0) is 25.8. The van der Waals surface area contributed by atoms with Gasteiger partial charge >= 0.3 is 5.97 Å². The van der Waals surface area contributed by atoms with Crippen LogP contribution in [0.25, 0.3) is 0 Å². The van der Waals surface area contributed by atoms with Crippen LogP contribution in [-0.4, -0.2) is 25.4 Å². The fourth-order valence-corrected chi connectivity index (χ4v) is 5.03. The molecule has 3 aromatic rings. The van der Waals surface area contributed by atoms with Crippen molar-refractivity contribution in [3.8, 4) is 23.3 Å². The van der Waals surface area contributed by atoms with Crippen LogP contribution in [0.2, 0.25) is 0 Å². The molecule has 1 heterocycles. The number of benzene rings is 3. The van der Waals surface area contributed by atoms with Crippen LogP contribution in [0.4, 0.5) is 5.69 Å². The molecule has 1 aliphatic carbocycles. The zero-order valence-electron chi connectivity index (χ0n) is 21.8. The monoisotopic (exact) mass is 495 g/mol. The maximum Gasteiger partial charge on any atom is 0.345 e. The van der Waals surface area contributed by atoms with Gasteiger partial charge < -0.3 is 19.1 Å². The van der Waals surface area contributed by atoms with E-state index in [1.165, 1.54) is 31.2 Å². The van der Waals surface area contributed by atoms with Crippen molar-refractivity contribution in [2.24, 2.45) is 5.92 Å². The van der Waals surface area contributed by atoms with E-state index in [0.29, 0.717) is 17.2 Å². The smallest absolute Gasteiger partial charge is 0.345 e. The molecule has 37 heavy (non-hydrogen) atoms. The van der Waals surface area contributed by atoms with Gasteiger partial charge in [-0.2, -0.15) is 0 Å². The molecule has 5 nitrogen and oxygen atoms in total. The second-order valence-electron chi connectivity index (χ2n) is 10.3. The molecule has 0 amide bonds. The minimum Gasteiger partial charge on any atom is -0.497 e. The summed E-state index contributed by atoms with van der Waals surface area (Å²) in [5.74, 6) is 7.23. The molecule has 0 radical (unpaired) electrons. The second-order valence-corrected chi connectivity index (χ2v) is 10.3. The van der Waals surface area contributed by atoms with E-state index in [0.717, 1.165) is 35.7 Å². The Kier molecular flexibility index (Phi) is 7.10. The molecule has 0 unspecified atom stereocenters. The van der Waals surface area contributed by atoms with Crippen LogP contribution in [0.15, 0.2) is 66.7 Å². The van der Waals surface area contributed by atoms with Gasteiger partial charge in [0.1, 0.15) is 17.1 Å². The molecule has 0 saturated heterocycles. The number of cyclic esters (lactones) is 1. The average Bonchev–Trinajstić information content (AvgIpc) is 3.41. The number of anilines is 1. The summed E-state index contributed by atoms with van der Waals surface area (Å²) in [4.78, 5) is 15.0. The number of nitrogens with zero attached hydrogens (tertiary/aromatic N) is 1. The molecule has 0 N–H and O–H groups in total. The first-order valence-electron chi connectivity index (χ1n) is 12.9. The highest BCUT2D eigenvalue weighted by Crippen LogP contribution is 2.35. The van der Waals surface area contributed by atoms with Crippen LogP contribution in [0.5, 0.6) is 11.5 Å². The Balaban J connectivity index is 1.34. The van der Waals surface area contributed by atoms with E-state index in [2.05, 4.69) is 47.1 Å². The van der Waals surface area contributed by atoms with Crippen LogP contribution in [-0.2, 0) is 11.3 Å². The standard InChI is InChI=1S/C32H33NO4/c1-32(2)36-30-19-16-27(20-29(30)31(34)37-32)33(21-25-6-4-5-7-25)22-26-12-10-23(11-13-26)8-9-24-14-17-28(35-3)18-15-24/h10-20,25H,4-7,21-22H2,1-3H3. The highest BCUT2D eigenvalue weighted by molar-refractivity contribution is 5.94. The lowest BCUT2D eigenvalue weighted by atomic mass is 10.0. The third-order valence-electron chi connectivity index (χ3n) is 6.96. The summed E-state index contributed by atoms with van der Waals surface area (Å²) in [7, 11) is 1.66.